The van der Waals surface area contributed by atoms with Gasteiger partial charge < -0.3 is 4.74 Å². The maximum Gasteiger partial charge on any atom is 0.305 e. The molecule has 0 heterocycles. The Morgan fingerprint density at radius 1 is 1.25 bits per heavy atom. The molecular formula is C15H19ClO3S. The van der Waals surface area contributed by atoms with Crippen molar-refractivity contribution in [1.82, 2.24) is 0 Å². The van der Waals surface area contributed by atoms with Gasteiger partial charge in [-0.1, -0.05) is 11.6 Å². The molecule has 0 saturated carbocycles. The predicted molar refractivity (Wildman–Crippen MR) is 82.7 cm³/mol. The molecule has 0 aliphatic carbocycles. The minimum atomic E-state index is -0.206. The number of Topliss-reactive ketones (excluding diaryl/α,β-unsaturated/α-hetero) is 1. The number of rotatable bonds is 8. The van der Waals surface area contributed by atoms with E-state index in [9.17, 15) is 9.59 Å². The molecule has 5 heteroatoms. The highest BCUT2D eigenvalue weighted by Gasteiger charge is 2.11. The topological polar surface area (TPSA) is 43.4 Å². The normalized spacial score (nSPS) is 10.3. The summed E-state index contributed by atoms with van der Waals surface area (Å²) in [5.74, 6) is -0.186. The molecule has 0 aromatic heterocycles. The van der Waals surface area contributed by atoms with Crippen molar-refractivity contribution < 1.29 is 14.3 Å². The fourth-order valence-corrected chi connectivity index (χ4v) is 2.56. The van der Waals surface area contributed by atoms with Crippen LogP contribution in [-0.4, -0.2) is 24.6 Å². The molecular weight excluding hydrogens is 296 g/mol. The van der Waals surface area contributed by atoms with Crippen LogP contribution in [0.15, 0.2) is 23.1 Å². The Hall–Kier alpha value is -1.000. The number of ketones is 1. The third-order valence-electron chi connectivity index (χ3n) is 2.82. The zero-order chi connectivity index (χ0) is 15.0. The zero-order valence-corrected chi connectivity index (χ0v) is 13.4. The molecule has 3 nitrogen and oxygen atoms in total. The van der Waals surface area contributed by atoms with Crippen molar-refractivity contribution in [1.29, 1.82) is 0 Å². The molecule has 20 heavy (non-hydrogen) atoms. The van der Waals surface area contributed by atoms with Gasteiger partial charge in [-0.05, 0) is 44.2 Å². The summed E-state index contributed by atoms with van der Waals surface area (Å²) in [5, 5.41) is 0.493. The highest BCUT2D eigenvalue weighted by atomic mass is 35.5. The van der Waals surface area contributed by atoms with Crippen LogP contribution in [0.5, 0.6) is 0 Å². The van der Waals surface area contributed by atoms with E-state index in [0.29, 0.717) is 42.9 Å². The predicted octanol–water partition coefficient (Wildman–Crippen LogP) is 4.37. The second kappa shape index (κ2) is 9.03. The molecule has 1 rings (SSSR count). The fraction of sp³-hybridized carbons (Fsp3) is 0.467. The Morgan fingerprint density at radius 2 is 1.95 bits per heavy atom. The van der Waals surface area contributed by atoms with Crippen molar-refractivity contribution >= 4 is 35.1 Å². The Balaban J connectivity index is 2.41. The molecule has 0 radical (unpaired) electrons. The molecule has 0 unspecified atom stereocenters. The number of benzene rings is 1. The van der Waals surface area contributed by atoms with E-state index in [1.54, 1.807) is 30.8 Å². The number of hydrogen-bond donors (Lipinski definition) is 0. The Morgan fingerprint density at radius 3 is 2.55 bits per heavy atom. The van der Waals surface area contributed by atoms with Crippen molar-refractivity contribution in [3.63, 3.8) is 0 Å². The number of halogens is 1. The molecule has 0 amide bonds. The standard InChI is InChI=1S/C15H19ClO3S/c1-3-19-15(18)7-5-4-6-14(17)12-9-8-11(20-2)10-13(12)16/h8-10H,3-7H2,1-2H3. The molecule has 0 aliphatic heterocycles. The van der Waals surface area contributed by atoms with Crippen molar-refractivity contribution in [2.24, 2.45) is 0 Å². The molecule has 0 bridgehead atoms. The molecule has 0 aliphatic rings. The lowest BCUT2D eigenvalue weighted by Crippen LogP contribution is -2.04. The van der Waals surface area contributed by atoms with Crippen molar-refractivity contribution in [2.45, 2.75) is 37.5 Å². The summed E-state index contributed by atoms with van der Waals surface area (Å²) < 4.78 is 4.83. The summed E-state index contributed by atoms with van der Waals surface area (Å²) >= 11 is 7.68. The second-order valence-corrected chi connectivity index (χ2v) is 5.57. The van der Waals surface area contributed by atoms with E-state index in [1.165, 1.54) is 0 Å². The van der Waals surface area contributed by atoms with Crippen LogP contribution in [0.3, 0.4) is 0 Å². The average molecular weight is 315 g/mol. The third kappa shape index (κ3) is 5.55. The Bertz CT molecular complexity index is 474. The first kappa shape index (κ1) is 17.1. The van der Waals surface area contributed by atoms with Crippen LogP contribution in [0.2, 0.25) is 5.02 Å². The first-order valence-electron chi connectivity index (χ1n) is 6.60. The van der Waals surface area contributed by atoms with Gasteiger partial charge in [0.25, 0.3) is 0 Å². The quantitative estimate of drug-likeness (QED) is 0.309. The van der Waals surface area contributed by atoms with Gasteiger partial charge in [0, 0.05) is 23.3 Å². The molecule has 0 spiro atoms. The molecule has 0 fully saturated rings. The first-order valence-corrected chi connectivity index (χ1v) is 8.21. The SMILES string of the molecule is CCOC(=O)CCCCC(=O)c1ccc(SC)cc1Cl. The van der Waals surface area contributed by atoms with Gasteiger partial charge in [0.15, 0.2) is 5.78 Å². The van der Waals surface area contributed by atoms with E-state index in [-0.39, 0.29) is 11.8 Å². The summed E-state index contributed by atoms with van der Waals surface area (Å²) in [5.41, 5.74) is 0.556. The fourth-order valence-electron chi connectivity index (χ4n) is 1.77. The van der Waals surface area contributed by atoms with Crippen molar-refractivity contribution in [3.05, 3.63) is 28.8 Å². The van der Waals surface area contributed by atoms with Gasteiger partial charge in [0.05, 0.1) is 11.6 Å². The maximum absolute atomic E-state index is 12.0. The number of esters is 1. The Kier molecular flexibility index (Phi) is 7.70. The lowest BCUT2D eigenvalue weighted by Gasteiger charge is -2.05. The van der Waals surface area contributed by atoms with Gasteiger partial charge in [-0.3, -0.25) is 9.59 Å². The van der Waals surface area contributed by atoms with E-state index in [1.807, 2.05) is 12.3 Å². The summed E-state index contributed by atoms with van der Waals surface area (Å²) in [6.07, 6.45) is 4.05. The smallest absolute Gasteiger partial charge is 0.305 e. The maximum atomic E-state index is 12.0. The molecule has 1 aromatic rings. The van der Waals surface area contributed by atoms with Crippen LogP contribution in [-0.2, 0) is 9.53 Å². The van der Waals surface area contributed by atoms with Crippen LogP contribution in [0.1, 0.15) is 43.0 Å². The monoisotopic (exact) mass is 314 g/mol. The highest BCUT2D eigenvalue weighted by molar-refractivity contribution is 7.98. The molecule has 0 N–H and O–H groups in total. The summed E-state index contributed by atoms with van der Waals surface area (Å²) in [7, 11) is 0. The van der Waals surface area contributed by atoms with Crippen LogP contribution in [0.25, 0.3) is 0 Å². The highest BCUT2D eigenvalue weighted by Crippen LogP contribution is 2.24. The van der Waals surface area contributed by atoms with Gasteiger partial charge in [-0.25, -0.2) is 0 Å². The van der Waals surface area contributed by atoms with Crippen LogP contribution >= 0.6 is 23.4 Å². The van der Waals surface area contributed by atoms with Crippen molar-refractivity contribution in [3.8, 4) is 0 Å². The summed E-state index contributed by atoms with van der Waals surface area (Å²) in [4.78, 5) is 24.2. The van der Waals surface area contributed by atoms with Gasteiger partial charge >= 0.3 is 5.97 Å². The van der Waals surface area contributed by atoms with Gasteiger partial charge in [0.1, 0.15) is 0 Å². The van der Waals surface area contributed by atoms with E-state index in [0.717, 1.165) is 4.90 Å². The number of carbonyl (C=O) groups excluding carboxylic acids is 2. The number of carbonyl (C=O) groups is 2. The van der Waals surface area contributed by atoms with E-state index in [4.69, 9.17) is 16.3 Å². The van der Waals surface area contributed by atoms with E-state index in [2.05, 4.69) is 0 Å². The van der Waals surface area contributed by atoms with Crippen molar-refractivity contribution in [2.75, 3.05) is 12.9 Å². The van der Waals surface area contributed by atoms with Gasteiger partial charge in [-0.15, -0.1) is 11.8 Å². The van der Waals surface area contributed by atoms with Gasteiger partial charge in [0.2, 0.25) is 0 Å². The third-order valence-corrected chi connectivity index (χ3v) is 3.85. The lowest BCUT2D eigenvalue weighted by atomic mass is 10.0. The molecule has 0 saturated heterocycles. The van der Waals surface area contributed by atoms with E-state index >= 15 is 0 Å². The molecule has 110 valence electrons. The van der Waals surface area contributed by atoms with Crippen LogP contribution in [0.4, 0.5) is 0 Å². The minimum absolute atomic E-state index is 0.0199. The molecule has 0 atom stereocenters. The number of ether oxygens (including phenoxy) is 1. The van der Waals surface area contributed by atoms with Crippen LogP contribution in [0, 0.1) is 0 Å². The lowest BCUT2D eigenvalue weighted by molar-refractivity contribution is -0.143. The Labute approximate surface area is 129 Å². The zero-order valence-electron chi connectivity index (χ0n) is 11.8. The van der Waals surface area contributed by atoms with Crippen LogP contribution < -0.4 is 0 Å². The average Bonchev–Trinajstić information content (AvgIpc) is 2.43. The summed E-state index contributed by atoms with van der Waals surface area (Å²) in [6.45, 7) is 2.18. The van der Waals surface area contributed by atoms with Gasteiger partial charge in [-0.2, -0.15) is 0 Å². The first-order chi connectivity index (χ1) is 9.58. The number of hydrogen-bond acceptors (Lipinski definition) is 4. The van der Waals surface area contributed by atoms with E-state index < -0.39 is 0 Å². The summed E-state index contributed by atoms with van der Waals surface area (Å²) in [6, 6.07) is 5.46. The molecule has 1 aromatic carbocycles. The number of thioether (sulfide) groups is 1. The minimum Gasteiger partial charge on any atom is -0.466 e. The number of unbranched alkanes of at least 4 members (excludes halogenated alkanes) is 1. The largest absolute Gasteiger partial charge is 0.466 e. The second-order valence-electron chi connectivity index (χ2n) is 4.28.